The molecule has 2 unspecified atom stereocenters. The van der Waals surface area contributed by atoms with Gasteiger partial charge in [0, 0.05) is 5.92 Å². The van der Waals surface area contributed by atoms with Gasteiger partial charge in [0.2, 0.25) is 5.82 Å². The third kappa shape index (κ3) is 3.96. The fourth-order valence-corrected chi connectivity index (χ4v) is 2.94. The molecular weight excluding hydrogens is 282 g/mol. The van der Waals surface area contributed by atoms with Crippen LogP contribution in [0.25, 0.3) is 0 Å². The minimum Gasteiger partial charge on any atom is -0.486 e. The molecule has 1 aliphatic rings. The molecule has 0 aromatic heterocycles. The first kappa shape index (κ1) is 16.7. The van der Waals surface area contributed by atoms with Gasteiger partial charge in [-0.15, -0.1) is 0 Å². The van der Waals surface area contributed by atoms with Crippen LogP contribution in [-0.4, -0.2) is 6.61 Å². The van der Waals surface area contributed by atoms with Crippen LogP contribution in [0.3, 0.4) is 0 Å². The van der Waals surface area contributed by atoms with Crippen molar-refractivity contribution in [3.63, 3.8) is 0 Å². The summed E-state index contributed by atoms with van der Waals surface area (Å²) in [6, 6.07) is 3.15. The summed E-state index contributed by atoms with van der Waals surface area (Å²) >= 11 is 0. The van der Waals surface area contributed by atoms with E-state index in [0.29, 0.717) is 11.5 Å². The molecule has 1 nitrogen and oxygen atoms in total. The summed E-state index contributed by atoms with van der Waals surface area (Å²) in [5, 5.41) is 0. The third-order valence-electron chi connectivity index (χ3n) is 4.23. The average Bonchev–Trinajstić information content (AvgIpc) is 2.55. The quantitative estimate of drug-likeness (QED) is 0.581. The van der Waals surface area contributed by atoms with Crippen molar-refractivity contribution in [1.29, 1.82) is 0 Å². The first-order valence-corrected chi connectivity index (χ1v) is 8.07. The molecule has 22 heavy (non-hydrogen) atoms. The zero-order chi connectivity index (χ0) is 15.9. The van der Waals surface area contributed by atoms with Crippen molar-refractivity contribution in [3.8, 4) is 5.75 Å². The van der Waals surface area contributed by atoms with Gasteiger partial charge in [-0.05, 0) is 36.8 Å². The molecule has 0 fully saturated rings. The van der Waals surface area contributed by atoms with E-state index < -0.39 is 11.6 Å². The number of ether oxygens (including phenoxy) is 1. The predicted molar refractivity (Wildman–Crippen MR) is 86.2 cm³/mol. The number of halogens is 2. The van der Waals surface area contributed by atoms with E-state index in [9.17, 15) is 8.78 Å². The van der Waals surface area contributed by atoms with Crippen LogP contribution in [0.2, 0.25) is 0 Å². The Bertz CT molecular complexity index is 536. The van der Waals surface area contributed by atoms with Crippen molar-refractivity contribution in [2.45, 2.75) is 44.9 Å². The fourth-order valence-electron chi connectivity index (χ4n) is 2.94. The Kier molecular flexibility index (Phi) is 6.17. The molecule has 0 bridgehead atoms. The Hall–Kier alpha value is -1.64. The van der Waals surface area contributed by atoms with Crippen LogP contribution >= 0.6 is 0 Å². The molecule has 0 saturated carbocycles. The second kappa shape index (κ2) is 8.11. The van der Waals surface area contributed by atoms with Gasteiger partial charge in [-0.2, -0.15) is 4.39 Å². The van der Waals surface area contributed by atoms with Gasteiger partial charge in [0.15, 0.2) is 11.6 Å². The van der Waals surface area contributed by atoms with Gasteiger partial charge >= 0.3 is 0 Å². The van der Waals surface area contributed by atoms with E-state index >= 15 is 0 Å². The van der Waals surface area contributed by atoms with E-state index in [-0.39, 0.29) is 18.3 Å². The largest absolute Gasteiger partial charge is 0.486 e. The molecule has 2 atom stereocenters. The first-order valence-electron chi connectivity index (χ1n) is 8.07. The summed E-state index contributed by atoms with van der Waals surface area (Å²) in [7, 11) is 0. The Morgan fingerprint density at radius 1 is 1.23 bits per heavy atom. The molecule has 1 aromatic carbocycles. The highest BCUT2D eigenvalue weighted by Gasteiger charge is 2.23. The van der Waals surface area contributed by atoms with E-state index in [4.69, 9.17) is 4.74 Å². The van der Waals surface area contributed by atoms with Crippen LogP contribution in [0, 0.1) is 17.6 Å². The predicted octanol–water partition coefficient (Wildman–Crippen LogP) is 5.77. The molecule has 120 valence electrons. The van der Waals surface area contributed by atoms with Crippen LogP contribution in [-0.2, 0) is 0 Å². The maximum Gasteiger partial charge on any atom is 0.200 e. The third-order valence-corrected chi connectivity index (χ3v) is 4.23. The summed E-state index contributed by atoms with van der Waals surface area (Å²) < 4.78 is 33.4. The number of unbranched alkanes of at least 4 members (excludes halogenated alkanes) is 1. The van der Waals surface area contributed by atoms with Crippen molar-refractivity contribution in [3.05, 3.63) is 54.1 Å². The molecule has 2 rings (SSSR count). The van der Waals surface area contributed by atoms with Crippen molar-refractivity contribution in [2.75, 3.05) is 6.61 Å². The zero-order valence-corrected chi connectivity index (χ0v) is 13.2. The van der Waals surface area contributed by atoms with Crippen LogP contribution in [0.5, 0.6) is 5.75 Å². The van der Waals surface area contributed by atoms with Crippen LogP contribution in [0.15, 0.2) is 36.9 Å². The van der Waals surface area contributed by atoms with Gasteiger partial charge in [-0.1, -0.05) is 50.6 Å². The molecule has 0 spiro atoms. The molecule has 0 heterocycles. The highest BCUT2D eigenvalue weighted by atomic mass is 19.2. The van der Waals surface area contributed by atoms with Crippen LogP contribution < -0.4 is 4.74 Å². The second-order valence-corrected chi connectivity index (χ2v) is 5.85. The minimum absolute atomic E-state index is 0.0409. The van der Waals surface area contributed by atoms with E-state index in [1.54, 1.807) is 6.07 Å². The Labute approximate surface area is 131 Å². The molecule has 0 saturated heterocycles. The van der Waals surface area contributed by atoms with E-state index in [1.165, 1.54) is 31.4 Å². The summed E-state index contributed by atoms with van der Waals surface area (Å²) in [5.41, 5.74) is 0.425. The number of hydrogen-bond donors (Lipinski definition) is 0. The van der Waals surface area contributed by atoms with E-state index in [1.807, 2.05) is 6.08 Å². The minimum atomic E-state index is -0.902. The molecule has 3 heteroatoms. The van der Waals surface area contributed by atoms with Gasteiger partial charge in [0.1, 0.15) is 6.61 Å². The van der Waals surface area contributed by atoms with E-state index in [0.717, 1.165) is 12.8 Å². The monoisotopic (exact) mass is 306 g/mol. The number of allylic oxidation sites excluding steroid dienone is 2. The lowest BCUT2D eigenvalue weighted by molar-refractivity contribution is 0.331. The highest BCUT2D eigenvalue weighted by Crippen LogP contribution is 2.35. The van der Waals surface area contributed by atoms with E-state index in [2.05, 4.69) is 19.6 Å². The lowest BCUT2D eigenvalue weighted by atomic mass is 9.82. The number of rotatable bonds is 7. The SMILES string of the molecule is C=CCOc1ccc(C2C=CC(CCCC)CC2)c(F)c1F. The average molecular weight is 306 g/mol. The zero-order valence-electron chi connectivity index (χ0n) is 13.2. The summed E-state index contributed by atoms with van der Waals surface area (Å²) in [4.78, 5) is 0. The molecular formula is C19H24F2O. The standard InChI is InChI=1S/C19H24F2O/c1-3-5-6-14-7-9-15(10-8-14)16-11-12-17(22-13-4-2)19(21)18(16)20/h4,7,9,11-12,14-15H,2-3,5-6,8,10,13H2,1H3. The smallest absolute Gasteiger partial charge is 0.200 e. The fraction of sp³-hybridized carbons (Fsp3) is 0.474. The lowest BCUT2D eigenvalue weighted by Gasteiger charge is -2.23. The van der Waals surface area contributed by atoms with Gasteiger partial charge in [0.05, 0.1) is 0 Å². The van der Waals surface area contributed by atoms with Gasteiger partial charge in [-0.3, -0.25) is 0 Å². The Morgan fingerprint density at radius 2 is 2.05 bits per heavy atom. The molecule has 0 amide bonds. The van der Waals surface area contributed by atoms with Crippen molar-refractivity contribution in [2.24, 2.45) is 5.92 Å². The Morgan fingerprint density at radius 3 is 2.68 bits per heavy atom. The molecule has 1 aromatic rings. The normalized spacial score (nSPS) is 20.9. The van der Waals surface area contributed by atoms with Gasteiger partial charge in [0.25, 0.3) is 0 Å². The summed E-state index contributed by atoms with van der Waals surface area (Å²) in [5.74, 6) is -1.20. The molecule has 1 aliphatic carbocycles. The summed E-state index contributed by atoms with van der Waals surface area (Å²) in [6.07, 6.45) is 11.2. The lowest BCUT2D eigenvalue weighted by Crippen LogP contribution is -2.10. The van der Waals surface area contributed by atoms with Crippen molar-refractivity contribution in [1.82, 2.24) is 0 Å². The van der Waals surface area contributed by atoms with Gasteiger partial charge < -0.3 is 4.74 Å². The summed E-state index contributed by atoms with van der Waals surface area (Å²) in [6.45, 7) is 5.85. The Balaban J connectivity index is 2.10. The highest BCUT2D eigenvalue weighted by molar-refractivity contribution is 5.35. The maximum absolute atomic E-state index is 14.3. The molecule has 0 aliphatic heterocycles. The number of hydrogen-bond acceptors (Lipinski definition) is 1. The van der Waals surface area contributed by atoms with Crippen LogP contribution in [0.1, 0.15) is 50.5 Å². The van der Waals surface area contributed by atoms with Crippen LogP contribution in [0.4, 0.5) is 8.78 Å². The first-order chi connectivity index (χ1) is 10.7. The van der Waals surface area contributed by atoms with Gasteiger partial charge in [-0.25, -0.2) is 4.39 Å². The maximum atomic E-state index is 14.3. The molecule has 0 radical (unpaired) electrons. The number of benzene rings is 1. The second-order valence-electron chi connectivity index (χ2n) is 5.85. The topological polar surface area (TPSA) is 9.23 Å². The van der Waals surface area contributed by atoms with Crippen molar-refractivity contribution < 1.29 is 13.5 Å². The molecule has 0 N–H and O–H groups in total. The van der Waals surface area contributed by atoms with Crippen molar-refractivity contribution >= 4 is 0 Å².